The van der Waals surface area contributed by atoms with Crippen molar-refractivity contribution in [3.63, 3.8) is 0 Å². The van der Waals surface area contributed by atoms with Gasteiger partial charge in [0, 0.05) is 12.6 Å². The predicted molar refractivity (Wildman–Crippen MR) is 60.4 cm³/mol. The fourth-order valence-corrected chi connectivity index (χ4v) is 3.05. The summed E-state index contributed by atoms with van der Waals surface area (Å²) in [6.45, 7) is 0.847. The fraction of sp³-hybridized carbons (Fsp3) is 0.400. The molecule has 2 rings (SSSR count). The third-order valence-corrected chi connectivity index (χ3v) is 4.09. The van der Waals surface area contributed by atoms with E-state index in [-0.39, 0.29) is 16.6 Å². The van der Waals surface area contributed by atoms with Crippen molar-refractivity contribution in [3.8, 4) is 0 Å². The zero-order valence-electron chi connectivity index (χ0n) is 9.02. The Morgan fingerprint density at radius 1 is 1.47 bits per heavy atom. The highest BCUT2D eigenvalue weighted by Crippen LogP contribution is 2.20. The second-order valence-electron chi connectivity index (χ2n) is 3.86. The van der Waals surface area contributed by atoms with Gasteiger partial charge in [-0.1, -0.05) is 0 Å². The first-order chi connectivity index (χ1) is 7.99. The number of ether oxygens (including phenoxy) is 1. The molecule has 0 bridgehead atoms. The number of anilines is 1. The minimum atomic E-state index is -3.79. The van der Waals surface area contributed by atoms with Crippen molar-refractivity contribution in [1.29, 1.82) is 0 Å². The van der Waals surface area contributed by atoms with Crippen molar-refractivity contribution in [2.45, 2.75) is 17.4 Å². The largest absolute Gasteiger partial charge is 0.398 e. The first-order valence-corrected chi connectivity index (χ1v) is 6.62. The molecule has 17 heavy (non-hydrogen) atoms. The minimum Gasteiger partial charge on any atom is -0.398 e. The third kappa shape index (κ3) is 2.74. The molecule has 1 saturated heterocycles. The number of nitrogens with two attached hydrogens (primary N) is 1. The SMILES string of the molecule is Nc1ccc(F)cc1S(=O)(=O)NC1CCOC1. The van der Waals surface area contributed by atoms with Crippen LogP contribution in [0.3, 0.4) is 0 Å². The molecule has 0 spiro atoms. The van der Waals surface area contributed by atoms with Crippen molar-refractivity contribution in [3.05, 3.63) is 24.0 Å². The van der Waals surface area contributed by atoms with E-state index in [1.807, 2.05) is 0 Å². The van der Waals surface area contributed by atoms with E-state index in [1.54, 1.807) is 0 Å². The molecule has 0 aliphatic carbocycles. The molecule has 1 unspecified atom stereocenters. The van der Waals surface area contributed by atoms with Gasteiger partial charge in [-0.15, -0.1) is 0 Å². The molecule has 1 aliphatic rings. The Kier molecular flexibility index (Phi) is 3.32. The van der Waals surface area contributed by atoms with E-state index < -0.39 is 15.8 Å². The van der Waals surface area contributed by atoms with Crippen LogP contribution in [0, 0.1) is 5.82 Å². The van der Waals surface area contributed by atoms with Crippen molar-refractivity contribution in [2.24, 2.45) is 0 Å². The summed E-state index contributed by atoms with van der Waals surface area (Å²) in [6, 6.07) is 2.98. The summed E-state index contributed by atoms with van der Waals surface area (Å²) in [5.74, 6) is -0.637. The number of nitrogens with one attached hydrogen (secondary N) is 1. The first-order valence-electron chi connectivity index (χ1n) is 5.14. The van der Waals surface area contributed by atoms with E-state index in [9.17, 15) is 12.8 Å². The molecule has 1 atom stereocenters. The smallest absolute Gasteiger partial charge is 0.243 e. The molecule has 1 fully saturated rings. The lowest BCUT2D eigenvalue weighted by molar-refractivity contribution is 0.192. The van der Waals surface area contributed by atoms with Gasteiger partial charge in [-0.25, -0.2) is 17.5 Å². The molecule has 1 aromatic carbocycles. The highest BCUT2D eigenvalue weighted by Gasteiger charge is 2.25. The summed E-state index contributed by atoms with van der Waals surface area (Å²) in [7, 11) is -3.79. The Bertz CT molecular complexity index is 512. The van der Waals surface area contributed by atoms with Crippen LogP contribution >= 0.6 is 0 Å². The summed E-state index contributed by atoms with van der Waals surface area (Å²) in [4.78, 5) is -0.232. The summed E-state index contributed by atoms with van der Waals surface area (Å²) >= 11 is 0. The standard InChI is InChI=1S/C10H13FN2O3S/c11-7-1-2-9(12)10(5-7)17(14,15)13-8-3-4-16-6-8/h1-2,5,8,13H,3-4,6,12H2. The van der Waals surface area contributed by atoms with Crippen LogP contribution in [-0.2, 0) is 14.8 Å². The molecule has 1 aromatic rings. The van der Waals surface area contributed by atoms with Crippen molar-refractivity contribution >= 4 is 15.7 Å². The molecule has 0 amide bonds. The van der Waals surface area contributed by atoms with Gasteiger partial charge >= 0.3 is 0 Å². The number of halogens is 1. The molecule has 1 aliphatic heterocycles. The van der Waals surface area contributed by atoms with E-state index in [2.05, 4.69) is 4.72 Å². The van der Waals surface area contributed by atoms with Gasteiger partial charge in [0.05, 0.1) is 12.3 Å². The molecule has 94 valence electrons. The van der Waals surface area contributed by atoms with Gasteiger partial charge in [0.25, 0.3) is 0 Å². The third-order valence-electron chi connectivity index (χ3n) is 2.52. The highest BCUT2D eigenvalue weighted by atomic mass is 32.2. The zero-order chi connectivity index (χ0) is 12.5. The van der Waals surface area contributed by atoms with Crippen LogP contribution in [0.25, 0.3) is 0 Å². The second-order valence-corrected chi connectivity index (χ2v) is 5.55. The van der Waals surface area contributed by atoms with Crippen molar-refractivity contribution in [2.75, 3.05) is 18.9 Å². The number of sulfonamides is 1. The molecular formula is C10H13FN2O3S. The van der Waals surface area contributed by atoms with E-state index in [0.717, 1.165) is 12.1 Å². The predicted octanol–water partition coefficient (Wildman–Crippen LogP) is 0.475. The number of benzene rings is 1. The lowest BCUT2D eigenvalue weighted by atomic mass is 10.3. The normalized spacial score (nSPS) is 20.6. The van der Waals surface area contributed by atoms with Gasteiger partial charge in [0.15, 0.2) is 0 Å². The molecule has 7 heteroatoms. The van der Waals surface area contributed by atoms with Crippen LogP contribution < -0.4 is 10.5 Å². The maximum absolute atomic E-state index is 13.0. The lowest BCUT2D eigenvalue weighted by Gasteiger charge is -2.12. The second kappa shape index (κ2) is 4.59. The van der Waals surface area contributed by atoms with E-state index in [4.69, 9.17) is 10.5 Å². The van der Waals surface area contributed by atoms with Crippen LogP contribution in [0.15, 0.2) is 23.1 Å². The Balaban J connectivity index is 2.27. The maximum Gasteiger partial charge on any atom is 0.243 e. The number of nitrogen functional groups attached to an aromatic ring is 1. The maximum atomic E-state index is 13.0. The van der Waals surface area contributed by atoms with E-state index in [1.165, 1.54) is 6.07 Å². The molecule has 0 saturated carbocycles. The molecule has 0 aromatic heterocycles. The van der Waals surface area contributed by atoms with Crippen LogP contribution in [0.2, 0.25) is 0 Å². The number of hydrogen-bond acceptors (Lipinski definition) is 4. The Hall–Kier alpha value is -1.18. The average Bonchev–Trinajstić information content (AvgIpc) is 2.73. The van der Waals surface area contributed by atoms with Crippen LogP contribution in [-0.4, -0.2) is 27.7 Å². The Morgan fingerprint density at radius 2 is 2.24 bits per heavy atom. The van der Waals surface area contributed by atoms with E-state index in [0.29, 0.717) is 19.6 Å². The first kappa shape index (κ1) is 12.3. The lowest BCUT2D eigenvalue weighted by Crippen LogP contribution is -2.35. The summed E-state index contributed by atoms with van der Waals surface area (Å²) < 4.78 is 44.4. The van der Waals surface area contributed by atoms with Crippen molar-refractivity contribution < 1.29 is 17.5 Å². The van der Waals surface area contributed by atoms with Gasteiger partial charge < -0.3 is 10.5 Å². The quantitative estimate of drug-likeness (QED) is 0.774. The fourth-order valence-electron chi connectivity index (χ4n) is 1.65. The monoisotopic (exact) mass is 260 g/mol. The Labute approximate surface area is 98.8 Å². The molecule has 1 heterocycles. The van der Waals surface area contributed by atoms with Gasteiger partial charge in [-0.05, 0) is 24.6 Å². The molecular weight excluding hydrogens is 247 g/mol. The molecule has 3 N–H and O–H groups in total. The summed E-state index contributed by atoms with van der Waals surface area (Å²) in [5.41, 5.74) is 5.56. The number of rotatable bonds is 3. The van der Waals surface area contributed by atoms with Gasteiger partial charge in [0.1, 0.15) is 10.7 Å². The van der Waals surface area contributed by atoms with Crippen LogP contribution in [0.5, 0.6) is 0 Å². The van der Waals surface area contributed by atoms with Crippen LogP contribution in [0.4, 0.5) is 10.1 Å². The van der Waals surface area contributed by atoms with Crippen LogP contribution in [0.1, 0.15) is 6.42 Å². The molecule has 0 radical (unpaired) electrons. The number of hydrogen-bond donors (Lipinski definition) is 2. The zero-order valence-corrected chi connectivity index (χ0v) is 9.84. The average molecular weight is 260 g/mol. The minimum absolute atomic E-state index is 0.0258. The molecule has 5 nitrogen and oxygen atoms in total. The summed E-state index contributed by atoms with van der Waals surface area (Å²) in [6.07, 6.45) is 0.606. The highest BCUT2D eigenvalue weighted by molar-refractivity contribution is 7.89. The Morgan fingerprint density at radius 3 is 2.88 bits per heavy atom. The van der Waals surface area contributed by atoms with Gasteiger partial charge in [0.2, 0.25) is 10.0 Å². The van der Waals surface area contributed by atoms with E-state index >= 15 is 0 Å². The van der Waals surface area contributed by atoms with Gasteiger partial charge in [-0.3, -0.25) is 0 Å². The van der Waals surface area contributed by atoms with Gasteiger partial charge in [-0.2, -0.15) is 0 Å². The van der Waals surface area contributed by atoms with Crippen molar-refractivity contribution in [1.82, 2.24) is 4.72 Å². The topological polar surface area (TPSA) is 81.4 Å². The summed E-state index contributed by atoms with van der Waals surface area (Å²) in [5, 5.41) is 0.